The summed E-state index contributed by atoms with van der Waals surface area (Å²) < 4.78 is 5.76. The fourth-order valence-electron chi connectivity index (χ4n) is 2.45. The molecule has 1 heterocycles. The Morgan fingerprint density at radius 2 is 2.22 bits per heavy atom. The fraction of sp³-hybridized carbons (Fsp3) is 0.571. The Bertz CT molecular complexity index is 420. The van der Waals surface area contributed by atoms with Gasteiger partial charge in [-0.05, 0) is 32.5 Å². The van der Waals surface area contributed by atoms with Gasteiger partial charge in [0.15, 0.2) is 0 Å². The molecule has 1 N–H and O–H groups in total. The Balaban J connectivity index is 2.31. The van der Waals surface area contributed by atoms with Crippen LogP contribution in [0.2, 0.25) is 5.02 Å². The van der Waals surface area contributed by atoms with Crippen LogP contribution >= 0.6 is 11.6 Å². The Morgan fingerprint density at radius 1 is 1.44 bits per heavy atom. The van der Waals surface area contributed by atoms with Gasteiger partial charge in [-0.25, -0.2) is 0 Å². The molecule has 0 saturated carbocycles. The van der Waals surface area contributed by atoms with Gasteiger partial charge in [-0.3, -0.25) is 0 Å². The van der Waals surface area contributed by atoms with Crippen LogP contribution in [0.1, 0.15) is 19.4 Å². The highest BCUT2D eigenvalue weighted by Crippen LogP contribution is 2.32. The molecule has 100 valence electrons. The van der Waals surface area contributed by atoms with Gasteiger partial charge in [-0.15, -0.1) is 0 Å². The molecule has 0 atom stereocenters. The van der Waals surface area contributed by atoms with Gasteiger partial charge in [-0.1, -0.05) is 23.7 Å². The van der Waals surface area contributed by atoms with Crippen LogP contribution < -0.4 is 10.2 Å². The maximum absolute atomic E-state index is 6.38. The zero-order chi connectivity index (χ0) is 13.2. The summed E-state index contributed by atoms with van der Waals surface area (Å²) in [4.78, 5) is 2.33. The third-order valence-electron chi connectivity index (χ3n) is 3.18. The van der Waals surface area contributed by atoms with Crippen molar-refractivity contribution in [2.24, 2.45) is 0 Å². The first-order valence-corrected chi connectivity index (χ1v) is 6.72. The van der Waals surface area contributed by atoms with E-state index in [1.165, 1.54) is 5.56 Å². The molecule has 0 amide bonds. The van der Waals surface area contributed by atoms with Crippen molar-refractivity contribution in [2.45, 2.75) is 26.0 Å². The lowest BCUT2D eigenvalue weighted by Gasteiger charge is -2.40. The fourth-order valence-corrected chi connectivity index (χ4v) is 2.77. The minimum atomic E-state index is -0.117. The summed E-state index contributed by atoms with van der Waals surface area (Å²) in [5.41, 5.74) is 2.27. The average molecular weight is 269 g/mol. The zero-order valence-corrected chi connectivity index (χ0v) is 12.0. The molecular formula is C14H21ClN2O. The van der Waals surface area contributed by atoms with Crippen molar-refractivity contribution < 1.29 is 4.74 Å². The van der Waals surface area contributed by atoms with Crippen molar-refractivity contribution in [2.75, 3.05) is 31.6 Å². The van der Waals surface area contributed by atoms with Crippen molar-refractivity contribution in [1.82, 2.24) is 5.32 Å². The van der Waals surface area contributed by atoms with Crippen LogP contribution in [0, 0.1) is 0 Å². The van der Waals surface area contributed by atoms with Gasteiger partial charge < -0.3 is 15.0 Å². The molecular weight excluding hydrogens is 248 g/mol. The number of anilines is 1. The first-order valence-electron chi connectivity index (χ1n) is 6.34. The number of ether oxygens (including phenoxy) is 1. The van der Waals surface area contributed by atoms with Gasteiger partial charge in [0.1, 0.15) is 0 Å². The monoisotopic (exact) mass is 268 g/mol. The summed E-state index contributed by atoms with van der Waals surface area (Å²) in [5, 5.41) is 4.01. The topological polar surface area (TPSA) is 24.5 Å². The van der Waals surface area contributed by atoms with E-state index in [0.29, 0.717) is 0 Å². The smallest absolute Gasteiger partial charge is 0.0801 e. The molecule has 1 aromatic rings. The van der Waals surface area contributed by atoms with Gasteiger partial charge in [0.05, 0.1) is 22.9 Å². The van der Waals surface area contributed by atoms with Gasteiger partial charge in [0.2, 0.25) is 0 Å². The molecule has 3 nitrogen and oxygen atoms in total. The van der Waals surface area contributed by atoms with E-state index in [2.05, 4.69) is 30.1 Å². The summed E-state index contributed by atoms with van der Waals surface area (Å²) in [6.07, 6.45) is 0. The Morgan fingerprint density at radius 3 is 2.89 bits per heavy atom. The van der Waals surface area contributed by atoms with Crippen LogP contribution in [0.5, 0.6) is 0 Å². The van der Waals surface area contributed by atoms with Gasteiger partial charge >= 0.3 is 0 Å². The summed E-state index contributed by atoms with van der Waals surface area (Å²) in [7, 11) is 1.95. The zero-order valence-electron chi connectivity index (χ0n) is 11.3. The molecule has 1 aliphatic rings. The number of halogens is 1. The lowest BCUT2D eigenvalue weighted by atomic mass is 10.0. The molecule has 4 heteroatoms. The van der Waals surface area contributed by atoms with E-state index in [0.717, 1.165) is 37.0 Å². The van der Waals surface area contributed by atoms with Crippen LogP contribution in [0.3, 0.4) is 0 Å². The minimum Gasteiger partial charge on any atom is -0.372 e. The lowest BCUT2D eigenvalue weighted by Crippen LogP contribution is -2.48. The SMILES string of the molecule is CNCc1cccc(Cl)c1N1CCOC(C)(C)C1. The molecule has 2 rings (SSSR count). The maximum Gasteiger partial charge on any atom is 0.0801 e. The second kappa shape index (κ2) is 5.47. The number of nitrogens with one attached hydrogen (secondary N) is 1. The average Bonchev–Trinajstić information content (AvgIpc) is 2.28. The predicted molar refractivity (Wildman–Crippen MR) is 76.5 cm³/mol. The number of hydrogen-bond donors (Lipinski definition) is 1. The Labute approximate surface area is 114 Å². The number of nitrogens with zero attached hydrogens (tertiary/aromatic N) is 1. The minimum absolute atomic E-state index is 0.117. The van der Waals surface area contributed by atoms with Crippen LogP contribution in [-0.4, -0.2) is 32.3 Å². The summed E-state index contributed by atoms with van der Waals surface area (Å²) in [6, 6.07) is 6.09. The van der Waals surface area contributed by atoms with E-state index in [4.69, 9.17) is 16.3 Å². The van der Waals surface area contributed by atoms with Crippen LogP contribution in [0.4, 0.5) is 5.69 Å². The largest absolute Gasteiger partial charge is 0.372 e. The molecule has 18 heavy (non-hydrogen) atoms. The van der Waals surface area contributed by atoms with Crippen molar-refractivity contribution in [3.8, 4) is 0 Å². The van der Waals surface area contributed by atoms with E-state index in [9.17, 15) is 0 Å². The van der Waals surface area contributed by atoms with Gasteiger partial charge in [-0.2, -0.15) is 0 Å². The van der Waals surface area contributed by atoms with Crippen LogP contribution in [0.15, 0.2) is 18.2 Å². The molecule has 0 radical (unpaired) electrons. The predicted octanol–water partition coefficient (Wildman–Crippen LogP) is 2.67. The molecule has 1 saturated heterocycles. The van der Waals surface area contributed by atoms with Crippen molar-refractivity contribution >= 4 is 17.3 Å². The quantitative estimate of drug-likeness (QED) is 0.912. The second-order valence-corrected chi connectivity index (χ2v) is 5.71. The van der Waals surface area contributed by atoms with E-state index < -0.39 is 0 Å². The number of para-hydroxylation sites is 1. The van der Waals surface area contributed by atoms with E-state index in [-0.39, 0.29) is 5.60 Å². The van der Waals surface area contributed by atoms with E-state index in [1.54, 1.807) is 0 Å². The van der Waals surface area contributed by atoms with Crippen molar-refractivity contribution in [3.05, 3.63) is 28.8 Å². The molecule has 0 bridgehead atoms. The highest BCUT2D eigenvalue weighted by molar-refractivity contribution is 6.33. The summed E-state index contributed by atoms with van der Waals surface area (Å²) >= 11 is 6.38. The van der Waals surface area contributed by atoms with Gasteiger partial charge in [0, 0.05) is 19.6 Å². The second-order valence-electron chi connectivity index (χ2n) is 5.31. The third-order valence-corrected chi connectivity index (χ3v) is 3.48. The molecule has 0 spiro atoms. The van der Waals surface area contributed by atoms with Crippen molar-refractivity contribution in [3.63, 3.8) is 0 Å². The molecule has 1 aliphatic heterocycles. The van der Waals surface area contributed by atoms with Crippen LogP contribution in [-0.2, 0) is 11.3 Å². The third kappa shape index (κ3) is 2.97. The van der Waals surface area contributed by atoms with Gasteiger partial charge in [0.25, 0.3) is 0 Å². The molecule has 1 fully saturated rings. The summed E-state index contributed by atoms with van der Waals surface area (Å²) in [5.74, 6) is 0. The normalized spacial score (nSPS) is 19.0. The van der Waals surface area contributed by atoms with Crippen molar-refractivity contribution in [1.29, 1.82) is 0 Å². The van der Waals surface area contributed by atoms with E-state index in [1.807, 2.05) is 19.2 Å². The first kappa shape index (κ1) is 13.7. The lowest BCUT2D eigenvalue weighted by molar-refractivity contribution is -0.0277. The highest BCUT2D eigenvalue weighted by Gasteiger charge is 2.29. The Kier molecular flexibility index (Phi) is 4.15. The Hall–Kier alpha value is -0.770. The number of hydrogen-bond acceptors (Lipinski definition) is 3. The first-order chi connectivity index (χ1) is 8.53. The molecule has 0 aromatic heterocycles. The number of morpholine rings is 1. The maximum atomic E-state index is 6.38. The molecule has 0 aliphatic carbocycles. The number of benzene rings is 1. The number of rotatable bonds is 3. The molecule has 1 aromatic carbocycles. The van der Waals surface area contributed by atoms with E-state index >= 15 is 0 Å². The van der Waals surface area contributed by atoms with Crippen LogP contribution in [0.25, 0.3) is 0 Å². The molecule has 0 unspecified atom stereocenters. The standard InChI is InChI=1S/C14H21ClN2O/c1-14(2)10-17(7-8-18-14)13-11(9-16-3)5-4-6-12(13)15/h4-6,16H,7-10H2,1-3H3. The summed E-state index contributed by atoms with van der Waals surface area (Å²) in [6.45, 7) is 7.57. The highest BCUT2D eigenvalue weighted by atomic mass is 35.5.